The lowest BCUT2D eigenvalue weighted by molar-refractivity contribution is 0.155. The van der Waals surface area contributed by atoms with E-state index in [2.05, 4.69) is 37.3 Å². The van der Waals surface area contributed by atoms with Gasteiger partial charge in [-0.05, 0) is 59.2 Å². The first-order valence-corrected chi connectivity index (χ1v) is 8.36. The molecule has 0 bridgehead atoms. The third-order valence-electron chi connectivity index (χ3n) is 4.74. The molecular formula is C21H21NO3. The van der Waals surface area contributed by atoms with Crippen LogP contribution in [0.2, 0.25) is 0 Å². The van der Waals surface area contributed by atoms with Gasteiger partial charge in [0, 0.05) is 0 Å². The Morgan fingerprint density at radius 3 is 2.20 bits per heavy atom. The monoisotopic (exact) mass is 335 g/mol. The minimum atomic E-state index is 0.00692. The Kier molecular flexibility index (Phi) is 4.07. The average molecular weight is 335 g/mol. The van der Waals surface area contributed by atoms with Crippen LogP contribution in [0.4, 0.5) is 0 Å². The predicted molar refractivity (Wildman–Crippen MR) is 97.6 cm³/mol. The number of methoxy groups -OCH3 is 2. The van der Waals surface area contributed by atoms with Crippen molar-refractivity contribution < 1.29 is 14.3 Å². The summed E-state index contributed by atoms with van der Waals surface area (Å²) in [7, 11) is 3.36. The van der Waals surface area contributed by atoms with Gasteiger partial charge in [0.15, 0.2) is 6.23 Å². The zero-order valence-electron chi connectivity index (χ0n) is 14.6. The highest BCUT2D eigenvalue weighted by atomic mass is 16.8. The topological polar surface area (TPSA) is 34.0 Å². The third kappa shape index (κ3) is 3.06. The van der Waals surface area contributed by atoms with Gasteiger partial charge in [-0.25, -0.2) is 0 Å². The summed E-state index contributed by atoms with van der Waals surface area (Å²) < 4.78 is 10.5. The third-order valence-corrected chi connectivity index (χ3v) is 4.74. The van der Waals surface area contributed by atoms with E-state index in [1.54, 1.807) is 14.2 Å². The van der Waals surface area contributed by atoms with E-state index in [1.165, 1.54) is 16.3 Å². The molecule has 3 aromatic rings. The first-order valence-electron chi connectivity index (χ1n) is 8.36. The van der Waals surface area contributed by atoms with Crippen LogP contribution in [0.3, 0.4) is 0 Å². The van der Waals surface area contributed by atoms with Crippen molar-refractivity contribution in [1.82, 2.24) is 5.06 Å². The highest BCUT2D eigenvalue weighted by Crippen LogP contribution is 2.45. The maximum atomic E-state index is 5.81. The van der Waals surface area contributed by atoms with Gasteiger partial charge in [0.05, 0.1) is 20.3 Å². The normalized spacial score (nSPS) is 20.3. The Balaban J connectivity index is 1.53. The number of hydrogen-bond acceptors (Lipinski definition) is 4. The molecule has 0 N–H and O–H groups in total. The molecule has 0 spiro atoms. The Morgan fingerprint density at radius 1 is 0.840 bits per heavy atom. The minimum absolute atomic E-state index is 0.00692. The van der Waals surface area contributed by atoms with E-state index in [4.69, 9.17) is 14.3 Å². The standard InChI is InChI=1S/C21H21NO3/c1-14(22-21(25-22)15-6-9-19(23-2)10-7-15)16-4-5-18-13-20(24-3)11-8-17(18)12-16/h4-14,21H,1-3H3. The van der Waals surface area contributed by atoms with Crippen LogP contribution < -0.4 is 9.47 Å². The molecule has 4 rings (SSSR count). The van der Waals surface area contributed by atoms with Gasteiger partial charge in [-0.3, -0.25) is 4.84 Å². The predicted octanol–water partition coefficient (Wildman–Crippen LogP) is 4.86. The molecule has 0 aromatic heterocycles. The fourth-order valence-electron chi connectivity index (χ4n) is 3.13. The van der Waals surface area contributed by atoms with Gasteiger partial charge in [-0.2, -0.15) is 0 Å². The van der Waals surface area contributed by atoms with Gasteiger partial charge < -0.3 is 9.47 Å². The molecule has 0 radical (unpaired) electrons. The fraction of sp³-hybridized carbons (Fsp3) is 0.238. The summed E-state index contributed by atoms with van der Waals surface area (Å²) in [6.07, 6.45) is 0.00692. The van der Waals surface area contributed by atoms with Crippen LogP contribution in [-0.4, -0.2) is 19.3 Å². The van der Waals surface area contributed by atoms with Crippen LogP contribution in [0.25, 0.3) is 10.8 Å². The number of ether oxygens (including phenoxy) is 2. The molecule has 3 atom stereocenters. The molecule has 25 heavy (non-hydrogen) atoms. The molecule has 1 saturated heterocycles. The lowest BCUT2D eigenvalue weighted by Crippen LogP contribution is -2.06. The molecule has 0 saturated carbocycles. The number of fused-ring (bicyclic) bond motifs is 1. The molecule has 128 valence electrons. The van der Waals surface area contributed by atoms with Crippen LogP contribution in [0.1, 0.15) is 30.3 Å². The van der Waals surface area contributed by atoms with Crippen molar-refractivity contribution in [2.45, 2.75) is 19.2 Å². The highest BCUT2D eigenvalue weighted by Gasteiger charge is 2.42. The molecule has 1 fully saturated rings. The summed E-state index contributed by atoms with van der Waals surface area (Å²) >= 11 is 0. The van der Waals surface area contributed by atoms with Crippen molar-refractivity contribution in [3.8, 4) is 11.5 Å². The highest BCUT2D eigenvalue weighted by molar-refractivity contribution is 5.84. The molecule has 0 amide bonds. The zero-order chi connectivity index (χ0) is 17.4. The quantitative estimate of drug-likeness (QED) is 0.623. The molecule has 1 heterocycles. The van der Waals surface area contributed by atoms with Crippen LogP contribution in [0.5, 0.6) is 11.5 Å². The smallest absolute Gasteiger partial charge is 0.180 e. The summed E-state index contributed by atoms with van der Waals surface area (Å²) in [5.41, 5.74) is 2.37. The zero-order valence-corrected chi connectivity index (χ0v) is 14.6. The average Bonchev–Trinajstić information content (AvgIpc) is 3.47. The van der Waals surface area contributed by atoms with Crippen molar-refractivity contribution >= 4 is 10.8 Å². The van der Waals surface area contributed by atoms with Crippen LogP contribution in [-0.2, 0) is 4.84 Å². The van der Waals surface area contributed by atoms with E-state index in [0.29, 0.717) is 0 Å². The molecule has 1 aliphatic rings. The first-order chi connectivity index (χ1) is 12.2. The van der Waals surface area contributed by atoms with Crippen molar-refractivity contribution in [3.63, 3.8) is 0 Å². The molecular weight excluding hydrogens is 314 g/mol. The first kappa shape index (κ1) is 15.9. The van der Waals surface area contributed by atoms with Crippen LogP contribution in [0.15, 0.2) is 60.7 Å². The number of benzene rings is 3. The van der Waals surface area contributed by atoms with Gasteiger partial charge >= 0.3 is 0 Å². The van der Waals surface area contributed by atoms with Gasteiger partial charge in [-0.1, -0.05) is 30.3 Å². The number of hydrogen-bond donors (Lipinski definition) is 0. The molecule has 3 unspecified atom stereocenters. The Bertz CT molecular complexity index is 891. The van der Waals surface area contributed by atoms with Gasteiger partial charge in [0.2, 0.25) is 0 Å². The lowest BCUT2D eigenvalue weighted by atomic mass is 10.0. The van der Waals surface area contributed by atoms with Crippen LogP contribution >= 0.6 is 0 Å². The maximum absolute atomic E-state index is 5.81. The second-order valence-electron chi connectivity index (χ2n) is 6.24. The van der Waals surface area contributed by atoms with E-state index in [-0.39, 0.29) is 12.3 Å². The summed E-state index contributed by atoms with van der Waals surface area (Å²) in [6.45, 7) is 2.16. The summed E-state index contributed by atoms with van der Waals surface area (Å²) in [4.78, 5) is 5.81. The van der Waals surface area contributed by atoms with E-state index in [9.17, 15) is 0 Å². The molecule has 1 aliphatic heterocycles. The fourth-order valence-corrected chi connectivity index (χ4v) is 3.13. The maximum Gasteiger partial charge on any atom is 0.180 e. The molecule has 0 aliphatic carbocycles. The number of rotatable bonds is 5. The summed E-state index contributed by atoms with van der Waals surface area (Å²) in [5.74, 6) is 1.73. The summed E-state index contributed by atoms with van der Waals surface area (Å²) in [6, 6.07) is 20.8. The van der Waals surface area contributed by atoms with E-state index in [1.807, 2.05) is 35.4 Å². The van der Waals surface area contributed by atoms with E-state index in [0.717, 1.165) is 17.1 Å². The van der Waals surface area contributed by atoms with E-state index >= 15 is 0 Å². The SMILES string of the molecule is COc1ccc(C2ON2C(C)c2ccc3cc(OC)ccc3c2)cc1. The molecule has 3 aromatic carbocycles. The van der Waals surface area contributed by atoms with Crippen LogP contribution in [0, 0.1) is 0 Å². The van der Waals surface area contributed by atoms with Gasteiger partial charge in [0.25, 0.3) is 0 Å². The second kappa shape index (κ2) is 6.39. The van der Waals surface area contributed by atoms with Gasteiger partial charge in [0.1, 0.15) is 11.5 Å². The number of nitrogens with zero attached hydrogens (tertiary/aromatic N) is 1. The minimum Gasteiger partial charge on any atom is -0.497 e. The Hall–Kier alpha value is -2.56. The van der Waals surface area contributed by atoms with Crippen molar-refractivity contribution in [2.24, 2.45) is 0 Å². The summed E-state index contributed by atoms with van der Waals surface area (Å²) in [5, 5.41) is 4.40. The second-order valence-corrected chi connectivity index (χ2v) is 6.24. The van der Waals surface area contributed by atoms with Crippen molar-refractivity contribution in [3.05, 3.63) is 71.8 Å². The van der Waals surface area contributed by atoms with E-state index < -0.39 is 0 Å². The lowest BCUT2D eigenvalue weighted by Gasteiger charge is -2.12. The molecule has 4 nitrogen and oxygen atoms in total. The van der Waals surface area contributed by atoms with Gasteiger partial charge in [-0.15, -0.1) is 5.06 Å². The Morgan fingerprint density at radius 2 is 1.48 bits per heavy atom. The number of hydroxylamine groups is 2. The van der Waals surface area contributed by atoms with Crippen molar-refractivity contribution in [2.75, 3.05) is 14.2 Å². The Labute approximate surface area is 147 Å². The van der Waals surface area contributed by atoms with Crippen molar-refractivity contribution in [1.29, 1.82) is 0 Å². The molecule has 4 heteroatoms. The largest absolute Gasteiger partial charge is 0.497 e.